The van der Waals surface area contributed by atoms with Crippen molar-refractivity contribution in [3.05, 3.63) is 59.9 Å². The molecule has 0 saturated carbocycles. The zero-order valence-electron chi connectivity index (χ0n) is 17.4. The van der Waals surface area contributed by atoms with Gasteiger partial charge in [0.15, 0.2) is 11.0 Å². The number of amides is 1. The molecular weight excluding hydrogens is 400 g/mol. The summed E-state index contributed by atoms with van der Waals surface area (Å²) in [5.41, 5.74) is 1.48. The molecule has 30 heavy (non-hydrogen) atoms. The van der Waals surface area contributed by atoms with Gasteiger partial charge in [0.1, 0.15) is 11.5 Å². The average Bonchev–Trinajstić information content (AvgIpc) is 3.20. The predicted molar refractivity (Wildman–Crippen MR) is 118 cm³/mol. The number of rotatable bonds is 10. The number of ether oxygens (including phenoxy) is 2. The van der Waals surface area contributed by atoms with Gasteiger partial charge in [0.05, 0.1) is 20.8 Å². The van der Waals surface area contributed by atoms with Crippen LogP contribution in [0.3, 0.4) is 0 Å². The third kappa shape index (κ3) is 5.33. The largest absolute Gasteiger partial charge is 0.497 e. The zero-order valence-corrected chi connectivity index (χ0v) is 18.2. The van der Waals surface area contributed by atoms with Crippen molar-refractivity contribution in [2.45, 2.75) is 31.5 Å². The summed E-state index contributed by atoms with van der Waals surface area (Å²) in [5.74, 6) is 2.94. The fraction of sp³-hybridized carbons (Fsp3) is 0.318. The summed E-state index contributed by atoms with van der Waals surface area (Å²) in [7, 11) is 3.23. The molecule has 2 aromatic carbocycles. The molecule has 3 aromatic rings. The fourth-order valence-corrected chi connectivity index (χ4v) is 3.86. The van der Waals surface area contributed by atoms with Crippen LogP contribution in [-0.4, -0.2) is 40.6 Å². The zero-order chi connectivity index (χ0) is 21.3. The first-order chi connectivity index (χ1) is 14.7. The fourth-order valence-electron chi connectivity index (χ4n) is 2.81. The number of unbranched alkanes of at least 4 members (excludes halogenated alkanes) is 1. The molecule has 0 fully saturated rings. The van der Waals surface area contributed by atoms with E-state index in [1.54, 1.807) is 50.2 Å². The Morgan fingerprint density at radius 3 is 2.23 bits per heavy atom. The predicted octanol–water partition coefficient (Wildman–Crippen LogP) is 4.11. The highest BCUT2D eigenvalue weighted by Crippen LogP contribution is 2.24. The number of hydrogen-bond acceptors (Lipinski definition) is 6. The molecule has 0 bridgehead atoms. The van der Waals surface area contributed by atoms with Gasteiger partial charge in [-0.2, -0.15) is 0 Å². The first kappa shape index (κ1) is 21.7. The summed E-state index contributed by atoms with van der Waals surface area (Å²) in [6.07, 6.45) is 2.22. The summed E-state index contributed by atoms with van der Waals surface area (Å²) >= 11 is 1.66. The second-order valence-electron chi connectivity index (χ2n) is 6.55. The molecule has 7 nitrogen and oxygen atoms in total. The average molecular weight is 427 g/mol. The first-order valence-electron chi connectivity index (χ1n) is 9.80. The van der Waals surface area contributed by atoms with Gasteiger partial charge in [-0.3, -0.25) is 9.36 Å². The number of thioether (sulfide) groups is 1. The number of hydrogen-bond donors (Lipinski definition) is 1. The topological polar surface area (TPSA) is 78.3 Å². The van der Waals surface area contributed by atoms with Crippen LogP contribution in [0.4, 0.5) is 0 Å². The van der Waals surface area contributed by atoms with E-state index in [0.29, 0.717) is 17.1 Å². The Hall–Kier alpha value is -3.00. The maximum atomic E-state index is 12.5. The quantitative estimate of drug-likeness (QED) is 0.388. The molecule has 1 heterocycles. The summed E-state index contributed by atoms with van der Waals surface area (Å²) in [6, 6.07) is 14.7. The van der Waals surface area contributed by atoms with Gasteiger partial charge in [0, 0.05) is 17.0 Å². The lowest BCUT2D eigenvalue weighted by molar-refractivity contribution is 0.0949. The van der Waals surface area contributed by atoms with Crippen molar-refractivity contribution < 1.29 is 14.3 Å². The molecule has 0 unspecified atom stereocenters. The third-order valence-electron chi connectivity index (χ3n) is 4.52. The Morgan fingerprint density at radius 1 is 1.00 bits per heavy atom. The molecule has 1 amide bonds. The maximum absolute atomic E-state index is 12.5. The second-order valence-corrected chi connectivity index (χ2v) is 7.61. The summed E-state index contributed by atoms with van der Waals surface area (Å²) < 4.78 is 12.4. The number of carbonyl (C=O) groups is 1. The number of aromatic nitrogens is 3. The van der Waals surface area contributed by atoms with Crippen molar-refractivity contribution in [1.29, 1.82) is 0 Å². The summed E-state index contributed by atoms with van der Waals surface area (Å²) in [6.45, 7) is 2.42. The van der Waals surface area contributed by atoms with Crippen LogP contribution in [0, 0.1) is 0 Å². The van der Waals surface area contributed by atoms with Crippen LogP contribution in [0.5, 0.6) is 11.5 Å². The lowest BCUT2D eigenvalue weighted by atomic mass is 10.2. The molecule has 0 saturated heterocycles. The minimum absolute atomic E-state index is 0.179. The van der Waals surface area contributed by atoms with E-state index in [4.69, 9.17) is 9.47 Å². The van der Waals surface area contributed by atoms with E-state index in [0.717, 1.165) is 35.2 Å². The van der Waals surface area contributed by atoms with E-state index < -0.39 is 0 Å². The maximum Gasteiger partial charge on any atom is 0.251 e. The highest BCUT2D eigenvalue weighted by molar-refractivity contribution is 7.99. The van der Waals surface area contributed by atoms with Gasteiger partial charge >= 0.3 is 0 Å². The highest BCUT2D eigenvalue weighted by atomic mass is 32.2. The van der Waals surface area contributed by atoms with Crippen LogP contribution < -0.4 is 14.8 Å². The summed E-state index contributed by atoms with van der Waals surface area (Å²) in [4.78, 5) is 12.5. The van der Waals surface area contributed by atoms with Crippen molar-refractivity contribution in [1.82, 2.24) is 20.1 Å². The Bertz CT molecular complexity index is 956. The van der Waals surface area contributed by atoms with E-state index in [1.807, 2.05) is 28.8 Å². The molecule has 0 radical (unpaired) electrons. The molecule has 1 N–H and O–H groups in total. The summed E-state index contributed by atoms with van der Waals surface area (Å²) in [5, 5.41) is 12.4. The molecule has 8 heteroatoms. The molecule has 3 rings (SSSR count). The van der Waals surface area contributed by atoms with Crippen LogP contribution in [0.1, 0.15) is 35.9 Å². The van der Waals surface area contributed by atoms with E-state index in [2.05, 4.69) is 22.4 Å². The van der Waals surface area contributed by atoms with Gasteiger partial charge in [0.25, 0.3) is 5.91 Å². The van der Waals surface area contributed by atoms with Crippen molar-refractivity contribution >= 4 is 17.7 Å². The molecule has 1 aromatic heterocycles. The highest BCUT2D eigenvalue weighted by Gasteiger charge is 2.16. The van der Waals surface area contributed by atoms with Gasteiger partial charge in [-0.25, -0.2) is 0 Å². The van der Waals surface area contributed by atoms with E-state index in [1.165, 1.54) is 0 Å². The Kier molecular flexibility index (Phi) is 7.73. The second kappa shape index (κ2) is 10.7. The molecule has 158 valence electrons. The third-order valence-corrected chi connectivity index (χ3v) is 5.53. The van der Waals surface area contributed by atoms with Crippen molar-refractivity contribution in [3.8, 4) is 17.2 Å². The van der Waals surface area contributed by atoms with Crippen LogP contribution in [0.2, 0.25) is 0 Å². The Balaban J connectivity index is 1.79. The van der Waals surface area contributed by atoms with Crippen molar-refractivity contribution in [2.24, 2.45) is 0 Å². The minimum atomic E-state index is -0.179. The normalized spacial score (nSPS) is 10.6. The standard InChI is InChI=1S/C22H26N4O3S/c1-4-5-14-30-22-25-24-20(26(22)17-8-12-19(29-3)13-9-17)15-23-21(27)16-6-10-18(28-2)11-7-16/h6-13H,4-5,14-15H2,1-3H3,(H,23,27). The van der Waals surface area contributed by atoms with Crippen molar-refractivity contribution in [2.75, 3.05) is 20.0 Å². The Morgan fingerprint density at radius 2 is 1.63 bits per heavy atom. The van der Waals surface area contributed by atoms with Crippen LogP contribution in [-0.2, 0) is 6.54 Å². The number of benzene rings is 2. The molecule has 0 spiro atoms. The molecule has 0 aliphatic carbocycles. The number of nitrogens with zero attached hydrogens (tertiary/aromatic N) is 3. The molecule has 0 atom stereocenters. The molecular formula is C22H26N4O3S. The minimum Gasteiger partial charge on any atom is -0.497 e. The van der Waals surface area contributed by atoms with Gasteiger partial charge < -0.3 is 14.8 Å². The molecule has 0 aliphatic rings. The van der Waals surface area contributed by atoms with Gasteiger partial charge in [-0.15, -0.1) is 10.2 Å². The van der Waals surface area contributed by atoms with Crippen LogP contribution in [0.15, 0.2) is 53.7 Å². The smallest absolute Gasteiger partial charge is 0.251 e. The lowest BCUT2D eigenvalue weighted by Gasteiger charge is -2.12. The van der Waals surface area contributed by atoms with Crippen molar-refractivity contribution in [3.63, 3.8) is 0 Å². The Labute approximate surface area is 180 Å². The van der Waals surface area contributed by atoms with Crippen LogP contribution in [0.25, 0.3) is 5.69 Å². The SMILES string of the molecule is CCCCSc1nnc(CNC(=O)c2ccc(OC)cc2)n1-c1ccc(OC)cc1. The van der Waals surface area contributed by atoms with E-state index in [9.17, 15) is 4.79 Å². The van der Waals surface area contributed by atoms with E-state index >= 15 is 0 Å². The lowest BCUT2D eigenvalue weighted by Crippen LogP contribution is -2.24. The number of methoxy groups -OCH3 is 2. The molecule has 0 aliphatic heterocycles. The van der Waals surface area contributed by atoms with E-state index in [-0.39, 0.29) is 12.5 Å². The van der Waals surface area contributed by atoms with Crippen LogP contribution >= 0.6 is 11.8 Å². The van der Waals surface area contributed by atoms with Gasteiger partial charge in [-0.1, -0.05) is 25.1 Å². The monoisotopic (exact) mass is 426 g/mol. The first-order valence-corrected chi connectivity index (χ1v) is 10.8. The van der Waals surface area contributed by atoms with Gasteiger partial charge in [-0.05, 0) is 55.0 Å². The number of carbonyl (C=O) groups excluding carboxylic acids is 1. The number of nitrogens with one attached hydrogen (secondary N) is 1. The van der Waals surface area contributed by atoms with Gasteiger partial charge in [0.2, 0.25) is 0 Å².